The lowest BCUT2D eigenvalue weighted by molar-refractivity contribution is -0.159. The van der Waals surface area contributed by atoms with Gasteiger partial charge >= 0.3 is 17.8 Å². The molecule has 3 aromatic heterocycles. The van der Waals surface area contributed by atoms with Gasteiger partial charge < -0.3 is 18.7 Å². The van der Waals surface area contributed by atoms with Crippen LogP contribution < -0.4 is 10.7 Å². The van der Waals surface area contributed by atoms with Gasteiger partial charge in [0, 0.05) is 37.9 Å². The van der Waals surface area contributed by atoms with Gasteiger partial charge in [0.15, 0.2) is 5.58 Å². The SMILES string of the molecule is O=C(Cn1c(=O)oc2ccccc21)N1CCN(c2ccc(-c3noc(C(F)(F)F)n3)cn2)CC1. The number of piperazine rings is 1. The maximum Gasteiger partial charge on any atom is 0.471 e. The van der Waals surface area contributed by atoms with Crippen LogP contribution in [0.25, 0.3) is 22.5 Å². The van der Waals surface area contributed by atoms with Crippen LogP contribution in [0.15, 0.2) is 56.3 Å². The Morgan fingerprint density at radius 2 is 1.82 bits per heavy atom. The van der Waals surface area contributed by atoms with Crippen LogP contribution in [0.5, 0.6) is 0 Å². The molecular weight excluding hydrogens is 457 g/mol. The Bertz CT molecular complexity index is 1380. The lowest BCUT2D eigenvalue weighted by atomic mass is 10.2. The van der Waals surface area contributed by atoms with Crippen LogP contribution in [0, 0.1) is 0 Å². The molecule has 0 aliphatic carbocycles. The first-order valence-corrected chi connectivity index (χ1v) is 10.3. The normalized spacial score (nSPS) is 14.7. The first-order chi connectivity index (χ1) is 16.3. The van der Waals surface area contributed by atoms with E-state index in [1.165, 1.54) is 10.8 Å². The summed E-state index contributed by atoms with van der Waals surface area (Å²) in [5.41, 5.74) is 1.28. The summed E-state index contributed by atoms with van der Waals surface area (Å²) >= 11 is 0. The van der Waals surface area contributed by atoms with Crippen molar-refractivity contribution in [3.63, 3.8) is 0 Å². The number of fused-ring (bicyclic) bond motifs is 1. The molecule has 0 unspecified atom stereocenters. The van der Waals surface area contributed by atoms with Crippen LogP contribution in [-0.4, -0.2) is 56.7 Å². The molecule has 0 bridgehead atoms. The number of anilines is 1. The maximum atomic E-state index is 12.8. The average molecular weight is 474 g/mol. The van der Waals surface area contributed by atoms with Crippen molar-refractivity contribution in [3.05, 3.63) is 59.0 Å². The molecule has 176 valence electrons. The Morgan fingerprint density at radius 1 is 1.06 bits per heavy atom. The van der Waals surface area contributed by atoms with E-state index in [2.05, 4.69) is 19.6 Å². The number of halogens is 3. The van der Waals surface area contributed by atoms with Crippen LogP contribution in [0.2, 0.25) is 0 Å². The van der Waals surface area contributed by atoms with Gasteiger partial charge in [0.2, 0.25) is 11.7 Å². The highest BCUT2D eigenvalue weighted by atomic mass is 19.4. The topological polar surface area (TPSA) is 111 Å². The highest BCUT2D eigenvalue weighted by Crippen LogP contribution is 2.29. The molecule has 10 nitrogen and oxygen atoms in total. The predicted octanol–water partition coefficient (Wildman–Crippen LogP) is 2.41. The number of amides is 1. The summed E-state index contributed by atoms with van der Waals surface area (Å²) in [5, 5.41) is 3.35. The third-order valence-corrected chi connectivity index (χ3v) is 5.50. The summed E-state index contributed by atoms with van der Waals surface area (Å²) in [5.74, 6) is -1.80. The van der Waals surface area contributed by atoms with Crippen molar-refractivity contribution >= 4 is 22.8 Å². The number of nitrogens with zero attached hydrogens (tertiary/aromatic N) is 6. The van der Waals surface area contributed by atoms with Gasteiger partial charge in [-0.1, -0.05) is 17.3 Å². The van der Waals surface area contributed by atoms with Crippen molar-refractivity contribution in [1.82, 2.24) is 24.6 Å². The van der Waals surface area contributed by atoms with E-state index >= 15 is 0 Å². The number of benzene rings is 1. The molecule has 0 radical (unpaired) electrons. The van der Waals surface area contributed by atoms with Crippen molar-refractivity contribution < 1.29 is 26.9 Å². The zero-order valence-corrected chi connectivity index (χ0v) is 17.5. The van der Waals surface area contributed by atoms with Crippen LogP contribution >= 0.6 is 0 Å². The molecule has 0 spiro atoms. The molecule has 1 fully saturated rings. The Labute approximate surface area is 189 Å². The number of aromatic nitrogens is 4. The molecule has 1 aliphatic rings. The molecule has 5 rings (SSSR count). The Morgan fingerprint density at radius 3 is 2.50 bits per heavy atom. The zero-order chi connectivity index (χ0) is 23.9. The van der Waals surface area contributed by atoms with Crippen molar-refractivity contribution in [3.8, 4) is 11.4 Å². The molecule has 1 saturated heterocycles. The maximum absolute atomic E-state index is 12.8. The molecular formula is C21H17F3N6O4. The van der Waals surface area contributed by atoms with Crippen LogP contribution in [0.3, 0.4) is 0 Å². The van der Waals surface area contributed by atoms with E-state index in [1.807, 2.05) is 4.90 Å². The van der Waals surface area contributed by atoms with E-state index in [4.69, 9.17) is 4.42 Å². The molecule has 4 aromatic rings. The minimum atomic E-state index is -4.71. The molecule has 0 N–H and O–H groups in total. The van der Waals surface area contributed by atoms with E-state index < -0.39 is 17.8 Å². The van der Waals surface area contributed by atoms with Gasteiger partial charge in [-0.2, -0.15) is 18.2 Å². The summed E-state index contributed by atoms with van der Waals surface area (Å²) in [7, 11) is 0. The predicted molar refractivity (Wildman–Crippen MR) is 112 cm³/mol. The molecule has 1 aliphatic heterocycles. The van der Waals surface area contributed by atoms with Crippen molar-refractivity contribution in [2.24, 2.45) is 0 Å². The second kappa shape index (κ2) is 8.32. The standard InChI is InChI=1S/C21H17F3N6O4/c22-21(23,24)19-26-18(27-34-19)13-5-6-16(25-11-13)28-7-9-29(10-8-28)17(31)12-30-14-3-1-2-4-15(14)33-20(30)32/h1-6,11H,7-10,12H2. The number of hydrogen-bond acceptors (Lipinski definition) is 8. The highest BCUT2D eigenvalue weighted by molar-refractivity contribution is 5.79. The van der Waals surface area contributed by atoms with Crippen molar-refractivity contribution in [2.75, 3.05) is 31.1 Å². The fourth-order valence-electron chi connectivity index (χ4n) is 3.75. The minimum absolute atomic E-state index is 0.118. The summed E-state index contributed by atoms with van der Waals surface area (Å²) in [6.07, 6.45) is -3.34. The lowest BCUT2D eigenvalue weighted by Crippen LogP contribution is -2.50. The van der Waals surface area contributed by atoms with Crippen molar-refractivity contribution in [2.45, 2.75) is 12.7 Å². The van der Waals surface area contributed by atoms with E-state index in [-0.39, 0.29) is 23.8 Å². The molecule has 34 heavy (non-hydrogen) atoms. The number of carbonyl (C=O) groups is 1. The Kier molecular flexibility index (Phi) is 5.30. The van der Waals surface area contributed by atoms with Crippen LogP contribution in [0.1, 0.15) is 5.89 Å². The third-order valence-electron chi connectivity index (χ3n) is 5.50. The molecule has 0 atom stereocenters. The second-order valence-corrected chi connectivity index (χ2v) is 7.62. The largest absolute Gasteiger partial charge is 0.471 e. The molecule has 1 aromatic carbocycles. The molecule has 0 saturated carbocycles. The summed E-state index contributed by atoms with van der Waals surface area (Å²) < 4.78 is 48.6. The number of carbonyl (C=O) groups excluding carboxylic acids is 1. The van der Waals surface area contributed by atoms with E-state index in [0.29, 0.717) is 43.1 Å². The number of para-hydroxylation sites is 2. The Hall–Kier alpha value is -4.16. The monoisotopic (exact) mass is 474 g/mol. The molecule has 13 heteroatoms. The fourth-order valence-corrected chi connectivity index (χ4v) is 3.75. The van der Waals surface area contributed by atoms with Crippen molar-refractivity contribution in [1.29, 1.82) is 0 Å². The Balaban J connectivity index is 1.21. The van der Waals surface area contributed by atoms with Gasteiger partial charge in [-0.15, -0.1) is 0 Å². The second-order valence-electron chi connectivity index (χ2n) is 7.62. The number of pyridine rings is 1. The van der Waals surface area contributed by atoms with Gasteiger partial charge in [-0.3, -0.25) is 9.36 Å². The van der Waals surface area contributed by atoms with E-state index in [1.54, 1.807) is 41.3 Å². The number of alkyl halides is 3. The van der Waals surface area contributed by atoms with Gasteiger partial charge in [0.25, 0.3) is 0 Å². The van der Waals surface area contributed by atoms with Gasteiger partial charge in [0.05, 0.1) is 5.52 Å². The van der Waals surface area contributed by atoms with E-state index in [0.717, 1.165) is 0 Å². The summed E-state index contributed by atoms with van der Waals surface area (Å²) in [4.78, 5) is 36.1. The quantitative estimate of drug-likeness (QED) is 0.444. The molecule has 4 heterocycles. The van der Waals surface area contributed by atoms with Gasteiger partial charge in [-0.05, 0) is 24.3 Å². The van der Waals surface area contributed by atoms with Gasteiger partial charge in [-0.25, -0.2) is 9.78 Å². The number of rotatable bonds is 4. The minimum Gasteiger partial charge on any atom is -0.408 e. The van der Waals surface area contributed by atoms with E-state index in [9.17, 15) is 22.8 Å². The number of hydrogen-bond donors (Lipinski definition) is 0. The highest BCUT2D eigenvalue weighted by Gasteiger charge is 2.38. The lowest BCUT2D eigenvalue weighted by Gasteiger charge is -2.35. The third kappa shape index (κ3) is 4.11. The molecule has 1 amide bonds. The fraction of sp³-hybridized carbons (Fsp3) is 0.286. The average Bonchev–Trinajstić information content (AvgIpc) is 3.45. The first kappa shape index (κ1) is 21.7. The summed E-state index contributed by atoms with van der Waals surface area (Å²) in [6, 6.07) is 10.1. The van der Waals surface area contributed by atoms with Gasteiger partial charge in [0.1, 0.15) is 12.4 Å². The first-order valence-electron chi connectivity index (χ1n) is 10.3. The van der Waals surface area contributed by atoms with Crippen LogP contribution in [-0.2, 0) is 17.5 Å². The van der Waals surface area contributed by atoms with Crippen LogP contribution in [0.4, 0.5) is 19.0 Å². The smallest absolute Gasteiger partial charge is 0.408 e. The zero-order valence-electron chi connectivity index (χ0n) is 17.5. The number of oxazole rings is 1. The summed E-state index contributed by atoms with van der Waals surface area (Å²) in [6.45, 7) is 1.73.